The summed E-state index contributed by atoms with van der Waals surface area (Å²) in [6.45, 7) is 4.24. The number of rotatable bonds is 1. The van der Waals surface area contributed by atoms with E-state index in [2.05, 4.69) is 32.0 Å². The fraction of sp³-hybridized carbons (Fsp3) is 0.143. The van der Waals surface area contributed by atoms with Crippen LogP contribution in [0.1, 0.15) is 25.0 Å². The molecule has 0 aliphatic heterocycles. The second-order valence-electron chi connectivity index (χ2n) is 7.23. The van der Waals surface area contributed by atoms with Gasteiger partial charge in [0.15, 0.2) is 0 Å². The van der Waals surface area contributed by atoms with Gasteiger partial charge in [0, 0.05) is 21.8 Å². The molecule has 4 aromatic rings. The number of hydrogen-bond donors (Lipinski definition) is 2. The van der Waals surface area contributed by atoms with Gasteiger partial charge < -0.3 is 14.5 Å². The van der Waals surface area contributed by atoms with Crippen molar-refractivity contribution in [2.24, 2.45) is 0 Å². The van der Waals surface area contributed by atoms with Crippen LogP contribution in [0.3, 0.4) is 0 Å². The number of benzene rings is 3. The van der Waals surface area contributed by atoms with Crippen molar-refractivity contribution in [2.45, 2.75) is 19.3 Å². The van der Waals surface area contributed by atoms with E-state index in [0.29, 0.717) is 5.46 Å². The van der Waals surface area contributed by atoms with Crippen LogP contribution in [0.4, 0.5) is 0 Å². The van der Waals surface area contributed by atoms with Crippen molar-refractivity contribution in [1.82, 2.24) is 0 Å². The molecule has 0 spiro atoms. The van der Waals surface area contributed by atoms with Gasteiger partial charge in [-0.2, -0.15) is 0 Å². The van der Waals surface area contributed by atoms with Crippen molar-refractivity contribution in [3.63, 3.8) is 0 Å². The van der Waals surface area contributed by atoms with E-state index in [1.807, 2.05) is 30.3 Å². The first kappa shape index (κ1) is 14.8. The molecule has 0 radical (unpaired) electrons. The van der Waals surface area contributed by atoms with Gasteiger partial charge >= 0.3 is 7.12 Å². The predicted molar refractivity (Wildman–Crippen MR) is 101 cm³/mol. The molecule has 2 N–H and O–H groups in total. The summed E-state index contributed by atoms with van der Waals surface area (Å²) in [4.78, 5) is 0. The summed E-state index contributed by atoms with van der Waals surface area (Å²) in [5.41, 5.74) is 6.18. The zero-order valence-corrected chi connectivity index (χ0v) is 14.1. The molecule has 1 heterocycles. The quantitative estimate of drug-likeness (QED) is 0.525. The Kier molecular flexibility index (Phi) is 2.80. The van der Waals surface area contributed by atoms with E-state index in [1.165, 1.54) is 0 Å². The lowest BCUT2D eigenvalue weighted by Crippen LogP contribution is -2.37. The fourth-order valence-corrected chi connectivity index (χ4v) is 4.47. The highest BCUT2D eigenvalue weighted by molar-refractivity contribution is 6.59. The lowest BCUT2D eigenvalue weighted by atomic mass is 9.69. The molecule has 0 saturated heterocycles. The Morgan fingerprint density at radius 3 is 2.36 bits per heavy atom. The molecule has 5 rings (SSSR count). The standard InChI is InChI=1S/C21H17BO3/c1-21(2)18-13(7-5-8-16(18)22(23)24)14-10-11-15-12-6-3-4-9-17(12)25-20(15)19(14)21/h3-11,23-24H,1-2H3. The van der Waals surface area contributed by atoms with Gasteiger partial charge in [-0.05, 0) is 34.3 Å². The van der Waals surface area contributed by atoms with Crippen molar-refractivity contribution < 1.29 is 14.5 Å². The summed E-state index contributed by atoms with van der Waals surface area (Å²) in [5.74, 6) is 0. The second-order valence-corrected chi connectivity index (χ2v) is 7.23. The van der Waals surface area contributed by atoms with Crippen LogP contribution in [0, 0.1) is 0 Å². The molecular weight excluding hydrogens is 311 g/mol. The molecule has 0 atom stereocenters. The Bertz CT molecular complexity index is 1150. The molecule has 4 heteroatoms. The maximum Gasteiger partial charge on any atom is 0.488 e. The highest BCUT2D eigenvalue weighted by atomic mass is 16.4. The van der Waals surface area contributed by atoms with E-state index < -0.39 is 7.12 Å². The van der Waals surface area contributed by atoms with Crippen LogP contribution in [-0.4, -0.2) is 17.2 Å². The fourth-order valence-electron chi connectivity index (χ4n) is 4.47. The van der Waals surface area contributed by atoms with Crippen LogP contribution in [0.25, 0.3) is 33.1 Å². The van der Waals surface area contributed by atoms with Crippen molar-refractivity contribution in [2.75, 3.05) is 0 Å². The summed E-state index contributed by atoms with van der Waals surface area (Å²) in [7, 11) is -1.49. The van der Waals surface area contributed by atoms with Crippen LogP contribution in [0.5, 0.6) is 0 Å². The number of furan rings is 1. The Balaban J connectivity index is 1.93. The first-order chi connectivity index (χ1) is 12.0. The summed E-state index contributed by atoms with van der Waals surface area (Å²) in [6.07, 6.45) is 0. The minimum absolute atomic E-state index is 0.377. The van der Waals surface area contributed by atoms with Crippen LogP contribution >= 0.6 is 0 Å². The Hall–Kier alpha value is -2.56. The SMILES string of the molecule is CC1(C)c2c(B(O)O)cccc2-c2ccc3c(oc4ccccc43)c21. The monoisotopic (exact) mass is 328 g/mol. The van der Waals surface area contributed by atoms with E-state index in [9.17, 15) is 10.0 Å². The maximum atomic E-state index is 9.86. The molecule has 3 aromatic carbocycles. The largest absolute Gasteiger partial charge is 0.488 e. The van der Waals surface area contributed by atoms with Gasteiger partial charge in [-0.1, -0.05) is 56.3 Å². The van der Waals surface area contributed by atoms with Gasteiger partial charge in [-0.25, -0.2) is 0 Å². The van der Waals surface area contributed by atoms with Gasteiger partial charge in [0.05, 0.1) is 0 Å². The van der Waals surface area contributed by atoms with Crippen LogP contribution < -0.4 is 5.46 Å². The molecule has 0 unspecified atom stereocenters. The summed E-state index contributed by atoms with van der Waals surface area (Å²) >= 11 is 0. The lowest BCUT2D eigenvalue weighted by Gasteiger charge is -2.24. The van der Waals surface area contributed by atoms with Crippen molar-refractivity contribution in [1.29, 1.82) is 0 Å². The average molecular weight is 328 g/mol. The topological polar surface area (TPSA) is 53.6 Å². The Morgan fingerprint density at radius 1 is 0.800 bits per heavy atom. The van der Waals surface area contributed by atoms with Gasteiger partial charge in [0.1, 0.15) is 11.2 Å². The Labute approximate surface area is 145 Å². The molecule has 1 aliphatic rings. The third kappa shape index (κ3) is 1.78. The van der Waals surface area contributed by atoms with Gasteiger partial charge in [0.2, 0.25) is 0 Å². The first-order valence-corrected chi connectivity index (χ1v) is 8.45. The minimum atomic E-state index is -1.49. The van der Waals surface area contributed by atoms with E-state index >= 15 is 0 Å². The Morgan fingerprint density at radius 2 is 1.56 bits per heavy atom. The molecule has 25 heavy (non-hydrogen) atoms. The highest BCUT2D eigenvalue weighted by Crippen LogP contribution is 2.51. The molecule has 0 bridgehead atoms. The van der Waals surface area contributed by atoms with E-state index in [1.54, 1.807) is 6.07 Å². The normalized spacial score (nSPS) is 14.7. The molecule has 3 nitrogen and oxygen atoms in total. The predicted octanol–water partition coefficient (Wildman–Crippen LogP) is 3.57. The van der Waals surface area contributed by atoms with Crippen LogP contribution in [-0.2, 0) is 5.41 Å². The van der Waals surface area contributed by atoms with E-state index in [0.717, 1.165) is 44.2 Å². The number of para-hydroxylation sites is 1. The molecular formula is C21H17BO3. The molecule has 122 valence electrons. The average Bonchev–Trinajstić information content (AvgIpc) is 3.08. The van der Waals surface area contributed by atoms with Crippen molar-refractivity contribution >= 4 is 34.5 Å². The van der Waals surface area contributed by atoms with Crippen molar-refractivity contribution in [3.8, 4) is 11.1 Å². The third-order valence-corrected chi connectivity index (χ3v) is 5.46. The summed E-state index contributed by atoms with van der Waals surface area (Å²) in [6, 6.07) is 18.0. The van der Waals surface area contributed by atoms with Crippen LogP contribution in [0.2, 0.25) is 0 Å². The molecule has 1 aromatic heterocycles. The third-order valence-electron chi connectivity index (χ3n) is 5.46. The molecule has 0 amide bonds. The van der Waals surface area contributed by atoms with E-state index in [-0.39, 0.29) is 5.41 Å². The maximum absolute atomic E-state index is 9.86. The molecule has 0 fully saturated rings. The smallest absolute Gasteiger partial charge is 0.456 e. The van der Waals surface area contributed by atoms with Gasteiger partial charge in [-0.15, -0.1) is 0 Å². The lowest BCUT2D eigenvalue weighted by molar-refractivity contribution is 0.424. The second kappa shape index (κ2) is 4.75. The summed E-state index contributed by atoms with van der Waals surface area (Å²) < 4.78 is 6.24. The summed E-state index contributed by atoms with van der Waals surface area (Å²) in [5, 5.41) is 21.9. The van der Waals surface area contributed by atoms with Gasteiger partial charge in [0.25, 0.3) is 0 Å². The zero-order chi connectivity index (χ0) is 17.3. The first-order valence-electron chi connectivity index (χ1n) is 8.45. The highest BCUT2D eigenvalue weighted by Gasteiger charge is 2.41. The minimum Gasteiger partial charge on any atom is -0.456 e. The number of hydrogen-bond acceptors (Lipinski definition) is 3. The molecule has 0 saturated carbocycles. The number of fused-ring (bicyclic) bond motifs is 7. The van der Waals surface area contributed by atoms with Crippen LogP contribution in [0.15, 0.2) is 59.0 Å². The zero-order valence-electron chi connectivity index (χ0n) is 14.1. The molecule has 1 aliphatic carbocycles. The van der Waals surface area contributed by atoms with Crippen molar-refractivity contribution in [3.05, 3.63) is 65.7 Å². The van der Waals surface area contributed by atoms with E-state index in [4.69, 9.17) is 4.42 Å². The van der Waals surface area contributed by atoms with Gasteiger partial charge in [-0.3, -0.25) is 0 Å².